The van der Waals surface area contributed by atoms with E-state index in [1.54, 1.807) is 11.8 Å². The fourth-order valence-electron chi connectivity index (χ4n) is 3.14. The number of benzene rings is 1. The first-order valence-electron chi connectivity index (χ1n) is 8.62. The molecule has 2 aromatic heterocycles. The average Bonchev–Trinajstić information content (AvgIpc) is 3.38. The maximum Gasteiger partial charge on any atom is 0.283 e. The van der Waals surface area contributed by atoms with Crippen molar-refractivity contribution in [1.82, 2.24) is 14.5 Å². The molecule has 0 atom stereocenters. The van der Waals surface area contributed by atoms with Gasteiger partial charge in [-0.2, -0.15) is 4.98 Å². The number of fused-ring (bicyclic) bond motifs is 1. The number of hydrogen-bond donors (Lipinski definition) is 0. The summed E-state index contributed by atoms with van der Waals surface area (Å²) < 4.78 is 2.19. The molecule has 4 rings (SSSR count). The standard InChI is InChI=1S/C20H21N3OS/c1-12-4-6-15(7-5-12)11-25-20-22-19(24)17-13(2)10-14(3)21-18(17)23(20)16-8-9-16/h4-7,10,16H,8-9,11H2,1-3H3. The number of thioether (sulfide) groups is 1. The molecule has 25 heavy (non-hydrogen) atoms. The number of aryl methyl sites for hydroxylation is 3. The van der Waals surface area contributed by atoms with Crippen LogP contribution in [0.5, 0.6) is 0 Å². The van der Waals surface area contributed by atoms with Gasteiger partial charge in [-0.25, -0.2) is 4.98 Å². The average molecular weight is 351 g/mol. The molecule has 4 nitrogen and oxygen atoms in total. The van der Waals surface area contributed by atoms with E-state index < -0.39 is 0 Å². The molecule has 0 N–H and O–H groups in total. The lowest BCUT2D eigenvalue weighted by molar-refractivity contribution is 0.646. The molecular formula is C20H21N3OS. The Hall–Kier alpha value is -2.14. The Balaban J connectivity index is 1.79. The summed E-state index contributed by atoms with van der Waals surface area (Å²) in [7, 11) is 0. The molecule has 1 aromatic carbocycles. The molecule has 1 aliphatic rings. The predicted octanol–water partition coefficient (Wildman–Crippen LogP) is 4.34. The van der Waals surface area contributed by atoms with Crippen molar-refractivity contribution >= 4 is 22.8 Å². The van der Waals surface area contributed by atoms with Gasteiger partial charge in [0.15, 0.2) is 5.16 Å². The molecule has 1 saturated carbocycles. The van der Waals surface area contributed by atoms with E-state index in [0.29, 0.717) is 11.4 Å². The highest BCUT2D eigenvalue weighted by Gasteiger charge is 2.29. The van der Waals surface area contributed by atoms with Gasteiger partial charge in [-0.15, -0.1) is 0 Å². The van der Waals surface area contributed by atoms with Gasteiger partial charge in [0.1, 0.15) is 5.65 Å². The summed E-state index contributed by atoms with van der Waals surface area (Å²) in [6, 6.07) is 10.9. The third-order valence-corrected chi connectivity index (χ3v) is 5.60. The Morgan fingerprint density at radius 3 is 2.52 bits per heavy atom. The van der Waals surface area contributed by atoms with Gasteiger partial charge in [-0.1, -0.05) is 41.6 Å². The molecule has 5 heteroatoms. The van der Waals surface area contributed by atoms with Crippen LogP contribution >= 0.6 is 11.8 Å². The summed E-state index contributed by atoms with van der Waals surface area (Å²) in [5.74, 6) is 0.801. The molecule has 0 bridgehead atoms. The van der Waals surface area contributed by atoms with Crippen molar-refractivity contribution in [2.24, 2.45) is 0 Å². The largest absolute Gasteiger partial charge is 0.302 e. The van der Waals surface area contributed by atoms with Crippen molar-refractivity contribution in [3.05, 3.63) is 63.1 Å². The SMILES string of the molecule is Cc1ccc(CSc2nc(=O)c3c(C)cc(C)nc3n2C2CC2)cc1. The van der Waals surface area contributed by atoms with Crippen molar-refractivity contribution in [1.29, 1.82) is 0 Å². The maximum atomic E-state index is 12.6. The van der Waals surface area contributed by atoms with Crippen LogP contribution in [0.25, 0.3) is 11.0 Å². The van der Waals surface area contributed by atoms with Crippen molar-refractivity contribution in [2.75, 3.05) is 0 Å². The molecule has 0 aliphatic heterocycles. The molecular weight excluding hydrogens is 330 g/mol. The Morgan fingerprint density at radius 1 is 1.12 bits per heavy atom. The molecule has 0 saturated heterocycles. The Labute approximate surface area is 151 Å². The van der Waals surface area contributed by atoms with E-state index >= 15 is 0 Å². The van der Waals surface area contributed by atoms with Crippen molar-refractivity contribution < 1.29 is 0 Å². The van der Waals surface area contributed by atoms with Crippen LogP contribution in [-0.4, -0.2) is 14.5 Å². The maximum absolute atomic E-state index is 12.6. The smallest absolute Gasteiger partial charge is 0.283 e. The quantitative estimate of drug-likeness (QED) is 0.518. The summed E-state index contributed by atoms with van der Waals surface area (Å²) in [5.41, 5.74) is 5.03. The molecule has 1 aliphatic carbocycles. The summed E-state index contributed by atoms with van der Waals surface area (Å²) in [6.45, 7) is 6.03. The van der Waals surface area contributed by atoms with Crippen LogP contribution in [-0.2, 0) is 5.75 Å². The number of aromatic nitrogens is 3. The highest BCUT2D eigenvalue weighted by atomic mass is 32.2. The second-order valence-electron chi connectivity index (χ2n) is 6.85. The van der Waals surface area contributed by atoms with Gasteiger partial charge in [0.25, 0.3) is 5.56 Å². The normalized spacial score (nSPS) is 14.2. The molecule has 0 radical (unpaired) electrons. The Kier molecular flexibility index (Phi) is 4.12. The number of nitrogens with zero attached hydrogens (tertiary/aromatic N) is 3. The predicted molar refractivity (Wildman–Crippen MR) is 102 cm³/mol. The fourth-order valence-corrected chi connectivity index (χ4v) is 4.15. The van der Waals surface area contributed by atoms with Crippen molar-refractivity contribution in [2.45, 2.75) is 50.6 Å². The van der Waals surface area contributed by atoms with Crippen molar-refractivity contribution in [3.63, 3.8) is 0 Å². The zero-order valence-electron chi connectivity index (χ0n) is 14.7. The molecule has 0 unspecified atom stereocenters. The summed E-state index contributed by atoms with van der Waals surface area (Å²) in [5, 5.41) is 1.45. The number of hydrogen-bond acceptors (Lipinski definition) is 4. The second kappa shape index (κ2) is 6.30. The molecule has 1 fully saturated rings. The van der Waals surface area contributed by atoms with Gasteiger partial charge in [0.05, 0.1) is 5.39 Å². The minimum absolute atomic E-state index is 0.164. The van der Waals surface area contributed by atoms with E-state index in [0.717, 1.165) is 40.7 Å². The van der Waals surface area contributed by atoms with Gasteiger partial charge >= 0.3 is 0 Å². The first-order chi connectivity index (χ1) is 12.0. The number of pyridine rings is 1. The van der Waals surface area contributed by atoms with Gasteiger partial charge < -0.3 is 4.57 Å². The minimum Gasteiger partial charge on any atom is -0.302 e. The lowest BCUT2D eigenvalue weighted by Crippen LogP contribution is -2.18. The third kappa shape index (κ3) is 3.21. The van der Waals surface area contributed by atoms with E-state index in [2.05, 4.69) is 40.7 Å². The summed E-state index contributed by atoms with van der Waals surface area (Å²) >= 11 is 1.63. The topological polar surface area (TPSA) is 47.8 Å². The highest BCUT2D eigenvalue weighted by molar-refractivity contribution is 7.98. The van der Waals surface area contributed by atoms with E-state index in [9.17, 15) is 4.79 Å². The van der Waals surface area contributed by atoms with Crippen molar-refractivity contribution in [3.8, 4) is 0 Å². The molecule has 3 aromatic rings. The third-order valence-electron chi connectivity index (χ3n) is 4.57. The molecule has 0 spiro atoms. The number of rotatable bonds is 4. The molecule has 128 valence electrons. The van der Waals surface area contributed by atoms with Gasteiger partial charge in [-0.05, 0) is 50.8 Å². The highest BCUT2D eigenvalue weighted by Crippen LogP contribution is 2.40. The molecule has 0 amide bonds. The van der Waals surface area contributed by atoms with Crippen LogP contribution in [0.4, 0.5) is 0 Å². The van der Waals surface area contributed by atoms with Crippen LogP contribution in [0.1, 0.15) is 41.3 Å². The zero-order chi connectivity index (χ0) is 17.6. The Morgan fingerprint density at radius 2 is 1.84 bits per heavy atom. The summed E-state index contributed by atoms with van der Waals surface area (Å²) in [6.07, 6.45) is 2.26. The van der Waals surface area contributed by atoms with E-state index in [-0.39, 0.29) is 5.56 Å². The lowest BCUT2D eigenvalue weighted by Gasteiger charge is -2.15. The minimum atomic E-state index is -0.164. The van der Waals surface area contributed by atoms with Crippen LogP contribution in [0.15, 0.2) is 40.3 Å². The van der Waals surface area contributed by atoms with E-state index in [4.69, 9.17) is 4.98 Å². The van der Waals surface area contributed by atoms with Crippen LogP contribution in [0.2, 0.25) is 0 Å². The van der Waals surface area contributed by atoms with Gasteiger partial charge in [0.2, 0.25) is 0 Å². The van der Waals surface area contributed by atoms with Crippen LogP contribution in [0.3, 0.4) is 0 Å². The van der Waals surface area contributed by atoms with Gasteiger partial charge in [-0.3, -0.25) is 4.79 Å². The molecule has 2 heterocycles. The fraction of sp³-hybridized carbons (Fsp3) is 0.350. The van der Waals surface area contributed by atoms with Crippen LogP contribution < -0.4 is 5.56 Å². The van der Waals surface area contributed by atoms with Gasteiger partial charge in [0, 0.05) is 17.5 Å². The monoisotopic (exact) mass is 351 g/mol. The second-order valence-corrected chi connectivity index (χ2v) is 7.80. The lowest BCUT2D eigenvalue weighted by atomic mass is 10.2. The summed E-state index contributed by atoms with van der Waals surface area (Å²) in [4.78, 5) is 21.7. The zero-order valence-corrected chi connectivity index (χ0v) is 15.6. The van der Waals surface area contributed by atoms with Crippen LogP contribution in [0, 0.1) is 20.8 Å². The Bertz CT molecular complexity index is 1000. The first-order valence-corrected chi connectivity index (χ1v) is 9.60. The van der Waals surface area contributed by atoms with E-state index in [1.165, 1.54) is 11.1 Å². The first kappa shape index (κ1) is 16.3. The van der Waals surface area contributed by atoms with E-state index in [1.807, 2.05) is 19.9 Å².